The van der Waals surface area contributed by atoms with E-state index in [0.717, 1.165) is 11.1 Å². The van der Waals surface area contributed by atoms with Crippen molar-refractivity contribution in [1.29, 1.82) is 0 Å². The Hall–Kier alpha value is -1.55. The molecule has 0 aromatic rings. The summed E-state index contributed by atoms with van der Waals surface area (Å²) in [5.74, 6) is -0.405. The number of aliphatic hydroxyl groups excluding tert-OH is 4. The van der Waals surface area contributed by atoms with Gasteiger partial charge in [0.15, 0.2) is 6.29 Å². The second-order valence-electron chi connectivity index (χ2n) is 8.07. The molecule has 0 saturated carbocycles. The van der Waals surface area contributed by atoms with Crippen LogP contribution in [0.1, 0.15) is 33.1 Å². The Kier molecular flexibility index (Phi) is 6.93. The fourth-order valence-electron chi connectivity index (χ4n) is 4.00. The summed E-state index contributed by atoms with van der Waals surface area (Å²) >= 11 is 0. The largest absolute Gasteiger partial charge is 0.458 e. The van der Waals surface area contributed by atoms with Crippen LogP contribution in [0.5, 0.6) is 0 Å². The Morgan fingerprint density at radius 2 is 1.86 bits per heavy atom. The maximum atomic E-state index is 11.9. The third kappa shape index (κ3) is 4.63. The van der Waals surface area contributed by atoms with Crippen molar-refractivity contribution < 1.29 is 39.4 Å². The van der Waals surface area contributed by atoms with Gasteiger partial charge in [-0.2, -0.15) is 0 Å². The first-order valence-electron chi connectivity index (χ1n) is 9.91. The second kappa shape index (κ2) is 9.07. The van der Waals surface area contributed by atoms with Gasteiger partial charge in [0, 0.05) is 17.9 Å². The molecule has 162 valence electrons. The Balaban J connectivity index is 1.77. The van der Waals surface area contributed by atoms with Crippen molar-refractivity contribution in [2.24, 2.45) is 5.92 Å². The summed E-state index contributed by atoms with van der Waals surface area (Å²) in [6.45, 7) is 7.21. The van der Waals surface area contributed by atoms with E-state index in [1.54, 1.807) is 0 Å². The van der Waals surface area contributed by atoms with Crippen molar-refractivity contribution in [3.63, 3.8) is 0 Å². The van der Waals surface area contributed by atoms with Gasteiger partial charge in [-0.3, -0.25) is 0 Å². The van der Waals surface area contributed by atoms with Crippen LogP contribution >= 0.6 is 0 Å². The van der Waals surface area contributed by atoms with Gasteiger partial charge in [-0.15, -0.1) is 0 Å². The van der Waals surface area contributed by atoms with E-state index in [9.17, 15) is 25.2 Å². The van der Waals surface area contributed by atoms with Gasteiger partial charge >= 0.3 is 5.97 Å². The fraction of sp³-hybridized carbons (Fsp3) is 0.667. The average Bonchev–Trinajstić information content (AvgIpc) is 2.96. The van der Waals surface area contributed by atoms with Gasteiger partial charge in [-0.1, -0.05) is 24.3 Å². The summed E-state index contributed by atoms with van der Waals surface area (Å²) in [6, 6.07) is 0. The van der Waals surface area contributed by atoms with E-state index in [1.807, 2.05) is 26.0 Å². The molecule has 2 saturated heterocycles. The highest BCUT2D eigenvalue weighted by Gasteiger charge is 2.45. The highest BCUT2D eigenvalue weighted by molar-refractivity contribution is 5.90. The highest BCUT2D eigenvalue weighted by atomic mass is 16.7. The van der Waals surface area contributed by atoms with Crippen LogP contribution in [0.4, 0.5) is 0 Å². The quantitative estimate of drug-likeness (QED) is 0.298. The Bertz CT molecular complexity index is 697. The Morgan fingerprint density at radius 1 is 1.14 bits per heavy atom. The van der Waals surface area contributed by atoms with E-state index in [2.05, 4.69) is 6.58 Å². The zero-order valence-corrected chi connectivity index (χ0v) is 16.7. The molecule has 4 N–H and O–H groups in total. The molecule has 0 amide bonds. The zero-order chi connectivity index (χ0) is 21.3. The maximum absolute atomic E-state index is 11.9. The molecule has 8 atom stereocenters. The van der Waals surface area contributed by atoms with E-state index in [0.29, 0.717) is 24.8 Å². The lowest BCUT2D eigenvalue weighted by molar-refractivity contribution is -0.308. The summed E-state index contributed by atoms with van der Waals surface area (Å²) in [4.78, 5) is 11.9. The average molecular weight is 410 g/mol. The van der Waals surface area contributed by atoms with Crippen molar-refractivity contribution in [3.05, 3.63) is 35.5 Å². The molecule has 0 spiro atoms. The second-order valence-corrected chi connectivity index (χ2v) is 8.07. The molecule has 0 radical (unpaired) electrons. The van der Waals surface area contributed by atoms with Crippen LogP contribution in [0.2, 0.25) is 0 Å². The molecule has 2 heterocycles. The Morgan fingerprint density at radius 3 is 2.55 bits per heavy atom. The van der Waals surface area contributed by atoms with Crippen LogP contribution in [-0.4, -0.2) is 75.9 Å². The number of ether oxygens (including phenoxy) is 3. The van der Waals surface area contributed by atoms with Crippen molar-refractivity contribution in [1.82, 2.24) is 0 Å². The molecule has 8 unspecified atom stereocenters. The molecule has 3 rings (SSSR count). The molecule has 29 heavy (non-hydrogen) atoms. The first kappa shape index (κ1) is 22.1. The van der Waals surface area contributed by atoms with Gasteiger partial charge < -0.3 is 34.6 Å². The maximum Gasteiger partial charge on any atom is 0.334 e. The number of rotatable bonds is 3. The number of esters is 1. The predicted molar refractivity (Wildman–Crippen MR) is 103 cm³/mol. The van der Waals surface area contributed by atoms with E-state index in [-0.39, 0.29) is 18.0 Å². The van der Waals surface area contributed by atoms with Crippen LogP contribution in [0.25, 0.3) is 0 Å². The monoisotopic (exact) mass is 410 g/mol. The summed E-state index contributed by atoms with van der Waals surface area (Å²) < 4.78 is 16.9. The highest BCUT2D eigenvalue weighted by Crippen LogP contribution is 2.35. The van der Waals surface area contributed by atoms with Crippen molar-refractivity contribution >= 4 is 5.97 Å². The minimum atomic E-state index is -1.49. The van der Waals surface area contributed by atoms with Gasteiger partial charge in [0.1, 0.15) is 30.5 Å². The van der Waals surface area contributed by atoms with Gasteiger partial charge in [-0.05, 0) is 32.3 Å². The van der Waals surface area contributed by atoms with Crippen LogP contribution in [0, 0.1) is 5.92 Å². The third-order valence-corrected chi connectivity index (χ3v) is 5.97. The van der Waals surface area contributed by atoms with Gasteiger partial charge in [0.05, 0.1) is 12.7 Å². The molecule has 1 aliphatic carbocycles. The SMILES string of the molecule is C=C1C(=O)OC2CC=C(C)C(OC3OC(CO)C(O)C(O)C3O)CC=C(C)CC12. The molecule has 2 aliphatic heterocycles. The molecule has 8 nitrogen and oxygen atoms in total. The summed E-state index contributed by atoms with van der Waals surface area (Å²) in [5, 5.41) is 39.5. The predicted octanol–water partition coefficient (Wildman–Crippen LogP) is 0.346. The number of carbonyl (C=O) groups excluding carboxylic acids is 1. The number of fused-ring (bicyclic) bond motifs is 1. The van der Waals surface area contributed by atoms with Gasteiger partial charge in [0.25, 0.3) is 0 Å². The molecular weight excluding hydrogens is 380 g/mol. The van der Waals surface area contributed by atoms with Crippen LogP contribution in [0.3, 0.4) is 0 Å². The molecule has 0 aromatic carbocycles. The zero-order valence-electron chi connectivity index (χ0n) is 16.7. The first-order chi connectivity index (χ1) is 13.7. The fourth-order valence-corrected chi connectivity index (χ4v) is 4.00. The standard InChI is InChI=1S/C21H30O8/c1-10-4-6-14(28-21-19(25)18(24)17(23)16(9-22)29-21)11(2)5-7-15-13(8-10)12(3)20(26)27-15/h4-5,13-19,21-25H,3,6-9H2,1-2H3. The van der Waals surface area contributed by atoms with Crippen LogP contribution in [0.15, 0.2) is 35.5 Å². The van der Waals surface area contributed by atoms with Gasteiger partial charge in [0.2, 0.25) is 0 Å². The molecule has 3 aliphatic rings. The Labute approximate surface area is 170 Å². The number of hydrogen-bond acceptors (Lipinski definition) is 8. The lowest BCUT2D eigenvalue weighted by Gasteiger charge is -2.41. The molecule has 8 heteroatoms. The van der Waals surface area contributed by atoms with Crippen LogP contribution < -0.4 is 0 Å². The van der Waals surface area contributed by atoms with Gasteiger partial charge in [-0.25, -0.2) is 4.79 Å². The summed E-state index contributed by atoms with van der Waals surface area (Å²) in [7, 11) is 0. The first-order valence-corrected chi connectivity index (χ1v) is 9.91. The topological polar surface area (TPSA) is 126 Å². The summed E-state index contributed by atoms with van der Waals surface area (Å²) in [5.41, 5.74) is 2.43. The van der Waals surface area contributed by atoms with Crippen molar-refractivity contribution in [2.45, 2.75) is 76.0 Å². The smallest absolute Gasteiger partial charge is 0.334 e. The normalized spacial score (nSPS) is 41.3. The van der Waals surface area contributed by atoms with E-state index in [4.69, 9.17) is 14.2 Å². The minimum absolute atomic E-state index is 0.0503. The molecule has 0 aromatic heterocycles. The minimum Gasteiger partial charge on any atom is -0.458 e. The van der Waals surface area contributed by atoms with Crippen LogP contribution in [-0.2, 0) is 19.0 Å². The number of aliphatic hydroxyl groups is 4. The van der Waals surface area contributed by atoms with E-state index >= 15 is 0 Å². The lowest BCUT2D eigenvalue weighted by Crippen LogP contribution is -2.59. The van der Waals surface area contributed by atoms with Crippen molar-refractivity contribution in [3.8, 4) is 0 Å². The number of carbonyl (C=O) groups is 1. The van der Waals surface area contributed by atoms with E-state index < -0.39 is 43.4 Å². The molecule has 0 bridgehead atoms. The number of allylic oxidation sites excluding steroid dienone is 1. The van der Waals surface area contributed by atoms with Crippen molar-refractivity contribution in [2.75, 3.05) is 6.61 Å². The molecular formula is C21H30O8. The molecule has 2 fully saturated rings. The van der Waals surface area contributed by atoms with E-state index in [1.165, 1.54) is 0 Å². The number of hydrogen-bond donors (Lipinski definition) is 4. The lowest BCUT2D eigenvalue weighted by atomic mass is 9.87. The summed E-state index contributed by atoms with van der Waals surface area (Å²) in [6.07, 6.45) is -1.71. The third-order valence-electron chi connectivity index (χ3n) is 5.97.